The molecule has 0 aromatic heterocycles. The van der Waals surface area contributed by atoms with Crippen LogP contribution in [0, 0.1) is 0 Å². The Balaban J connectivity index is 1.89. The number of benzene rings is 1. The number of piperidine rings is 1. The van der Waals surface area contributed by atoms with Crippen molar-refractivity contribution < 1.29 is 9.53 Å². The minimum atomic E-state index is -0.0506. The summed E-state index contributed by atoms with van der Waals surface area (Å²) in [6, 6.07) is 7.42. The van der Waals surface area contributed by atoms with Crippen molar-refractivity contribution in [2.24, 2.45) is 0 Å². The maximum atomic E-state index is 12.0. The third-order valence-corrected chi connectivity index (χ3v) is 3.06. The van der Waals surface area contributed by atoms with E-state index in [1.54, 1.807) is 0 Å². The number of anilines is 1. The van der Waals surface area contributed by atoms with Crippen molar-refractivity contribution in [3.8, 4) is 5.75 Å². The smallest absolute Gasteiger partial charge is 0.241 e. The highest BCUT2D eigenvalue weighted by molar-refractivity contribution is 5.94. The number of hydrogen-bond acceptors (Lipinski definition) is 3. The molecule has 18 heavy (non-hydrogen) atoms. The van der Waals surface area contributed by atoms with Gasteiger partial charge in [-0.1, -0.05) is 6.42 Å². The fourth-order valence-corrected chi connectivity index (χ4v) is 2.11. The van der Waals surface area contributed by atoms with E-state index in [1.165, 1.54) is 0 Å². The maximum Gasteiger partial charge on any atom is 0.241 e. The van der Waals surface area contributed by atoms with Gasteiger partial charge in [-0.25, -0.2) is 0 Å². The third kappa shape index (κ3) is 3.47. The number of rotatable bonds is 4. The molecule has 1 aromatic carbocycles. The van der Waals surface area contributed by atoms with Gasteiger partial charge in [0.05, 0.1) is 12.6 Å². The predicted molar refractivity (Wildman–Crippen MR) is 71.9 cm³/mol. The average Bonchev–Trinajstić information content (AvgIpc) is 2.42. The number of nitrogens with one attached hydrogen (secondary N) is 2. The zero-order valence-corrected chi connectivity index (χ0v) is 10.7. The lowest BCUT2D eigenvalue weighted by Gasteiger charge is -2.22. The summed E-state index contributed by atoms with van der Waals surface area (Å²) >= 11 is 0. The summed E-state index contributed by atoms with van der Waals surface area (Å²) in [6.45, 7) is 3.53. The molecule has 1 atom stereocenters. The highest BCUT2D eigenvalue weighted by atomic mass is 16.5. The van der Waals surface area contributed by atoms with Gasteiger partial charge in [-0.2, -0.15) is 0 Å². The topological polar surface area (TPSA) is 50.4 Å². The molecule has 1 amide bonds. The molecule has 1 fully saturated rings. The standard InChI is InChI=1S/C14H20N2O2/c1-2-18-12-8-6-11(7-9-12)16-14(17)13-5-3-4-10-15-13/h6-9,13,15H,2-5,10H2,1H3,(H,16,17). The first kappa shape index (κ1) is 12.9. The van der Waals surface area contributed by atoms with Crippen molar-refractivity contribution in [1.82, 2.24) is 5.32 Å². The second-order valence-corrected chi connectivity index (χ2v) is 4.45. The molecule has 0 aliphatic carbocycles. The highest BCUT2D eigenvalue weighted by Crippen LogP contribution is 2.16. The molecule has 0 saturated carbocycles. The Kier molecular flexibility index (Phi) is 4.59. The lowest BCUT2D eigenvalue weighted by Crippen LogP contribution is -2.43. The van der Waals surface area contributed by atoms with Crippen molar-refractivity contribution in [2.45, 2.75) is 32.2 Å². The quantitative estimate of drug-likeness (QED) is 0.858. The predicted octanol–water partition coefficient (Wildman–Crippen LogP) is 2.17. The Morgan fingerprint density at radius 2 is 2.17 bits per heavy atom. The van der Waals surface area contributed by atoms with E-state index in [0.717, 1.165) is 37.2 Å². The number of carbonyl (C=O) groups excluding carboxylic acids is 1. The molecule has 1 aliphatic rings. The van der Waals surface area contributed by atoms with Crippen LogP contribution in [0.25, 0.3) is 0 Å². The second kappa shape index (κ2) is 6.40. The van der Waals surface area contributed by atoms with E-state index in [4.69, 9.17) is 4.74 Å². The summed E-state index contributed by atoms with van der Waals surface area (Å²) in [5, 5.41) is 6.16. The van der Waals surface area contributed by atoms with E-state index in [1.807, 2.05) is 31.2 Å². The van der Waals surface area contributed by atoms with Crippen LogP contribution in [-0.4, -0.2) is 25.1 Å². The Labute approximate surface area is 108 Å². The molecule has 4 heteroatoms. The minimum absolute atomic E-state index is 0.0506. The highest BCUT2D eigenvalue weighted by Gasteiger charge is 2.20. The maximum absolute atomic E-state index is 12.0. The molecule has 0 radical (unpaired) electrons. The SMILES string of the molecule is CCOc1ccc(NC(=O)C2CCCCN2)cc1. The number of hydrogen-bond donors (Lipinski definition) is 2. The summed E-state index contributed by atoms with van der Waals surface area (Å²) in [5.74, 6) is 0.880. The average molecular weight is 248 g/mol. The molecule has 2 rings (SSSR count). The molecular formula is C14H20N2O2. The van der Waals surface area contributed by atoms with Gasteiger partial charge in [0.15, 0.2) is 0 Å². The zero-order valence-electron chi connectivity index (χ0n) is 10.7. The lowest BCUT2D eigenvalue weighted by atomic mass is 10.0. The largest absolute Gasteiger partial charge is 0.494 e. The molecule has 98 valence electrons. The Bertz CT molecular complexity index is 383. The van der Waals surface area contributed by atoms with Crippen molar-refractivity contribution in [3.05, 3.63) is 24.3 Å². The van der Waals surface area contributed by atoms with Crippen LogP contribution in [0.15, 0.2) is 24.3 Å². The van der Waals surface area contributed by atoms with Gasteiger partial charge < -0.3 is 15.4 Å². The van der Waals surface area contributed by atoms with Crippen LogP contribution in [0.1, 0.15) is 26.2 Å². The molecule has 2 N–H and O–H groups in total. The molecular weight excluding hydrogens is 228 g/mol. The number of ether oxygens (including phenoxy) is 1. The van der Waals surface area contributed by atoms with Gasteiger partial charge in [0.25, 0.3) is 0 Å². The molecule has 1 aliphatic heterocycles. The first-order valence-electron chi connectivity index (χ1n) is 6.56. The molecule has 1 saturated heterocycles. The van der Waals surface area contributed by atoms with Gasteiger partial charge in [0.1, 0.15) is 5.75 Å². The second-order valence-electron chi connectivity index (χ2n) is 4.45. The Hall–Kier alpha value is -1.55. The van der Waals surface area contributed by atoms with Gasteiger partial charge in [-0.05, 0) is 50.6 Å². The van der Waals surface area contributed by atoms with E-state index >= 15 is 0 Å². The zero-order chi connectivity index (χ0) is 12.8. The first-order chi connectivity index (χ1) is 8.79. The van der Waals surface area contributed by atoms with E-state index in [2.05, 4.69) is 10.6 Å². The molecule has 1 heterocycles. The van der Waals surface area contributed by atoms with Crippen LogP contribution in [0.4, 0.5) is 5.69 Å². The first-order valence-corrected chi connectivity index (χ1v) is 6.56. The van der Waals surface area contributed by atoms with E-state index in [0.29, 0.717) is 6.61 Å². The van der Waals surface area contributed by atoms with Crippen molar-refractivity contribution >= 4 is 11.6 Å². The van der Waals surface area contributed by atoms with Crippen LogP contribution in [0.5, 0.6) is 5.75 Å². The molecule has 4 nitrogen and oxygen atoms in total. The van der Waals surface area contributed by atoms with Crippen molar-refractivity contribution in [1.29, 1.82) is 0 Å². The molecule has 0 bridgehead atoms. The Morgan fingerprint density at radius 1 is 1.39 bits per heavy atom. The van der Waals surface area contributed by atoms with Gasteiger partial charge in [0.2, 0.25) is 5.91 Å². The van der Waals surface area contributed by atoms with Crippen LogP contribution in [0.2, 0.25) is 0 Å². The van der Waals surface area contributed by atoms with Gasteiger partial charge in [-0.3, -0.25) is 4.79 Å². The fraction of sp³-hybridized carbons (Fsp3) is 0.500. The normalized spacial score (nSPS) is 19.3. The van der Waals surface area contributed by atoms with Gasteiger partial charge in [-0.15, -0.1) is 0 Å². The van der Waals surface area contributed by atoms with Crippen LogP contribution in [0.3, 0.4) is 0 Å². The lowest BCUT2D eigenvalue weighted by molar-refractivity contribution is -0.118. The van der Waals surface area contributed by atoms with Crippen molar-refractivity contribution in [2.75, 3.05) is 18.5 Å². The Morgan fingerprint density at radius 3 is 2.78 bits per heavy atom. The van der Waals surface area contributed by atoms with Gasteiger partial charge in [0, 0.05) is 5.69 Å². The van der Waals surface area contributed by atoms with Gasteiger partial charge >= 0.3 is 0 Å². The molecule has 0 spiro atoms. The third-order valence-electron chi connectivity index (χ3n) is 3.06. The van der Waals surface area contributed by atoms with Crippen LogP contribution < -0.4 is 15.4 Å². The summed E-state index contributed by atoms with van der Waals surface area (Å²) in [5.41, 5.74) is 0.816. The summed E-state index contributed by atoms with van der Waals surface area (Å²) in [7, 11) is 0. The monoisotopic (exact) mass is 248 g/mol. The van der Waals surface area contributed by atoms with Crippen LogP contribution in [-0.2, 0) is 4.79 Å². The van der Waals surface area contributed by atoms with E-state index in [9.17, 15) is 4.79 Å². The minimum Gasteiger partial charge on any atom is -0.494 e. The molecule has 1 aromatic rings. The number of carbonyl (C=O) groups is 1. The van der Waals surface area contributed by atoms with E-state index in [-0.39, 0.29) is 11.9 Å². The summed E-state index contributed by atoms with van der Waals surface area (Å²) < 4.78 is 5.36. The summed E-state index contributed by atoms with van der Waals surface area (Å²) in [6.07, 6.45) is 3.20. The van der Waals surface area contributed by atoms with Crippen molar-refractivity contribution in [3.63, 3.8) is 0 Å². The molecule has 1 unspecified atom stereocenters. The van der Waals surface area contributed by atoms with Crippen LogP contribution >= 0.6 is 0 Å². The van der Waals surface area contributed by atoms with E-state index < -0.39 is 0 Å². The summed E-state index contributed by atoms with van der Waals surface area (Å²) in [4.78, 5) is 12.0. The fourth-order valence-electron chi connectivity index (χ4n) is 2.11. The number of amides is 1.